The average Bonchev–Trinajstić information content (AvgIpc) is 3.22. The van der Waals surface area contributed by atoms with E-state index >= 15 is 0 Å². The SMILES string of the molecule is C[C](C)=[Zr]([CH]1C=[C]([Ge]([CH3])([CH3])[CH3])c2ccccc21)[CH]1C=[C]([Ge]([CH3])([CH3])[CH3])c2ccccc21. The van der Waals surface area contributed by atoms with Crippen LogP contribution in [0.4, 0.5) is 0 Å². The molecule has 0 spiro atoms. The topological polar surface area (TPSA) is 0 Å². The Morgan fingerprint density at radius 2 is 1.00 bits per heavy atom. The first-order valence-corrected chi connectivity index (χ1v) is 30.1. The van der Waals surface area contributed by atoms with E-state index in [-0.39, 0.29) is 0 Å². The molecule has 3 heteroatoms. The summed E-state index contributed by atoms with van der Waals surface area (Å²) < 4.78 is 6.64. The second-order valence-corrected chi connectivity index (χ2v) is 40.1. The van der Waals surface area contributed by atoms with Crippen molar-refractivity contribution in [3.05, 3.63) is 82.9 Å². The van der Waals surface area contributed by atoms with E-state index in [0.29, 0.717) is 7.25 Å². The molecule has 0 amide bonds. The van der Waals surface area contributed by atoms with Crippen LogP contribution in [-0.2, 0) is 21.3 Å². The van der Waals surface area contributed by atoms with Crippen molar-refractivity contribution < 1.29 is 21.3 Å². The molecule has 2 aromatic carbocycles. The quantitative estimate of drug-likeness (QED) is 0.315. The third kappa shape index (κ3) is 4.08. The molecule has 0 saturated heterocycles. The van der Waals surface area contributed by atoms with Gasteiger partial charge in [-0.3, -0.25) is 0 Å². The molecule has 30 heavy (non-hydrogen) atoms. The van der Waals surface area contributed by atoms with Crippen molar-refractivity contribution in [2.45, 2.75) is 55.6 Å². The molecule has 156 valence electrons. The van der Waals surface area contributed by atoms with Crippen LogP contribution >= 0.6 is 0 Å². The Hall–Kier alpha value is -0.241. The monoisotopic (exact) mass is 598 g/mol. The maximum atomic E-state index is 2.78. The molecule has 2 aliphatic carbocycles. The second-order valence-electron chi connectivity index (χ2n) is 11.2. The van der Waals surface area contributed by atoms with Crippen LogP contribution in [0.3, 0.4) is 0 Å². The molecule has 2 aliphatic rings. The van der Waals surface area contributed by atoms with E-state index in [1.54, 1.807) is 34.3 Å². The summed E-state index contributed by atoms with van der Waals surface area (Å²) in [6.45, 7) is 4.91. The van der Waals surface area contributed by atoms with Gasteiger partial charge < -0.3 is 0 Å². The van der Waals surface area contributed by atoms with E-state index in [2.05, 4.69) is 109 Å². The van der Waals surface area contributed by atoms with Gasteiger partial charge in [0.1, 0.15) is 0 Å². The summed E-state index contributed by atoms with van der Waals surface area (Å²) in [6, 6.07) is 18.8. The van der Waals surface area contributed by atoms with Crippen LogP contribution in [0.15, 0.2) is 60.7 Å². The van der Waals surface area contributed by atoms with Crippen LogP contribution in [0.5, 0.6) is 0 Å². The van der Waals surface area contributed by atoms with Gasteiger partial charge in [0, 0.05) is 0 Å². The molecule has 0 fully saturated rings. The summed E-state index contributed by atoms with van der Waals surface area (Å²) in [5.41, 5.74) is 6.50. The normalized spacial score (nSPS) is 20.4. The van der Waals surface area contributed by atoms with Gasteiger partial charge in [0.05, 0.1) is 0 Å². The first-order chi connectivity index (χ1) is 14.0. The van der Waals surface area contributed by atoms with Gasteiger partial charge in [0.25, 0.3) is 0 Å². The molecule has 2 unspecified atom stereocenters. The zero-order valence-electron chi connectivity index (χ0n) is 19.9. The van der Waals surface area contributed by atoms with Crippen molar-refractivity contribution in [1.82, 2.24) is 0 Å². The van der Waals surface area contributed by atoms with E-state index in [0.717, 1.165) is 0 Å². The number of hydrogen-bond donors (Lipinski definition) is 0. The molecule has 0 radical (unpaired) electrons. The third-order valence-electron chi connectivity index (χ3n) is 6.70. The fourth-order valence-corrected chi connectivity index (χ4v) is 22.8. The van der Waals surface area contributed by atoms with Crippen molar-refractivity contribution in [2.24, 2.45) is 0 Å². The Balaban J connectivity index is 1.91. The zero-order chi connectivity index (χ0) is 21.8. The second kappa shape index (κ2) is 8.27. The average molecular weight is 597 g/mol. The molecule has 0 N–H and O–H groups in total. The van der Waals surface area contributed by atoms with Gasteiger partial charge in [0.15, 0.2) is 0 Å². The van der Waals surface area contributed by atoms with E-state index in [1.807, 2.05) is 0 Å². The molecule has 0 saturated carbocycles. The molecule has 0 nitrogen and oxygen atoms in total. The summed E-state index contributed by atoms with van der Waals surface area (Å²) in [4.78, 5) is 0. The minimum atomic E-state index is -2.03. The van der Waals surface area contributed by atoms with Crippen LogP contribution < -0.4 is 0 Å². The molecular weight excluding hydrogens is 561 g/mol. The van der Waals surface area contributed by atoms with Crippen molar-refractivity contribution in [1.29, 1.82) is 0 Å². The Labute approximate surface area is 196 Å². The molecule has 0 heterocycles. The summed E-state index contributed by atoms with van der Waals surface area (Å²) in [7, 11) is 0. The number of hydrogen-bond acceptors (Lipinski definition) is 0. The van der Waals surface area contributed by atoms with Crippen LogP contribution in [0.2, 0.25) is 34.5 Å². The summed E-state index contributed by atoms with van der Waals surface area (Å²) in [6.07, 6.45) is 5.55. The molecule has 2 aromatic rings. The minimum absolute atomic E-state index is 0.689. The third-order valence-corrected chi connectivity index (χ3v) is 23.8. The van der Waals surface area contributed by atoms with E-state index in [1.165, 1.54) is 0 Å². The zero-order valence-corrected chi connectivity index (χ0v) is 26.6. The Bertz CT molecular complexity index is 1000. The van der Waals surface area contributed by atoms with Crippen molar-refractivity contribution >= 4 is 38.5 Å². The number of rotatable bonds is 4. The molecule has 0 aromatic heterocycles. The fourth-order valence-electron chi connectivity index (χ4n) is 5.36. The Kier molecular flexibility index (Phi) is 6.32. The van der Waals surface area contributed by atoms with Gasteiger partial charge in [-0.05, 0) is 0 Å². The van der Waals surface area contributed by atoms with Gasteiger partial charge in [-0.1, -0.05) is 0 Å². The van der Waals surface area contributed by atoms with Crippen molar-refractivity contribution in [3.63, 3.8) is 0 Å². The number of benzene rings is 2. The van der Waals surface area contributed by atoms with Gasteiger partial charge in [-0.2, -0.15) is 0 Å². The first kappa shape index (κ1) is 22.9. The van der Waals surface area contributed by atoms with Gasteiger partial charge in [-0.15, -0.1) is 0 Å². The molecule has 2 atom stereocenters. The summed E-state index contributed by atoms with van der Waals surface area (Å²) in [5, 5.41) is 0. The van der Waals surface area contributed by atoms with E-state index in [9.17, 15) is 0 Å². The summed E-state index contributed by atoms with van der Waals surface area (Å²) >= 11 is -5.88. The van der Waals surface area contributed by atoms with Crippen molar-refractivity contribution in [2.75, 3.05) is 0 Å². The number of fused-ring (bicyclic) bond motifs is 2. The molecule has 4 rings (SSSR count). The van der Waals surface area contributed by atoms with E-state index < -0.39 is 47.8 Å². The standard InChI is InChI=1S/2C12H15Ge.C3H6.Zr/c2*1-13(2,3)12-9-8-10-6-4-5-7-11(10)12;1-3-2;/h2*4-9H,1-3H3;1-2H3;. The summed E-state index contributed by atoms with van der Waals surface area (Å²) in [5.74, 6) is 15.4. The van der Waals surface area contributed by atoms with Gasteiger partial charge in [0.2, 0.25) is 0 Å². The van der Waals surface area contributed by atoms with Crippen LogP contribution in [0.25, 0.3) is 8.81 Å². The first-order valence-electron chi connectivity index (χ1n) is 11.3. The fraction of sp³-hybridized carbons (Fsp3) is 0.370. The van der Waals surface area contributed by atoms with Crippen LogP contribution in [-0.4, -0.2) is 29.7 Å². The molecule has 0 bridgehead atoms. The Morgan fingerprint density at radius 3 is 1.33 bits per heavy atom. The predicted molar refractivity (Wildman–Crippen MR) is 137 cm³/mol. The maximum absolute atomic E-state index is 2.78. The number of allylic oxidation sites excluding steroid dienone is 2. The molecule has 0 aliphatic heterocycles. The molecular formula is C27H36Ge2Zr. The van der Waals surface area contributed by atoms with Gasteiger partial charge in [-0.25, -0.2) is 0 Å². The van der Waals surface area contributed by atoms with Crippen LogP contribution in [0, 0.1) is 0 Å². The van der Waals surface area contributed by atoms with Gasteiger partial charge >= 0.3 is 198 Å². The van der Waals surface area contributed by atoms with Crippen LogP contribution in [0.1, 0.15) is 43.4 Å². The Morgan fingerprint density at radius 1 is 0.633 bits per heavy atom. The predicted octanol–water partition coefficient (Wildman–Crippen LogP) is 7.85. The van der Waals surface area contributed by atoms with E-state index in [4.69, 9.17) is 0 Å². The van der Waals surface area contributed by atoms with Crippen molar-refractivity contribution in [3.8, 4) is 0 Å².